The number of furan rings is 1. The summed E-state index contributed by atoms with van der Waals surface area (Å²) in [5.74, 6) is 0.731. The van der Waals surface area contributed by atoms with E-state index in [0.717, 1.165) is 17.0 Å². The van der Waals surface area contributed by atoms with Gasteiger partial charge in [-0.2, -0.15) is 0 Å². The lowest BCUT2D eigenvalue weighted by atomic mass is 10.1. The fraction of sp³-hybridized carbons (Fsp3) is 0.333. The minimum absolute atomic E-state index is 0.187. The highest BCUT2D eigenvalue weighted by Gasteiger charge is 2.13. The van der Waals surface area contributed by atoms with Crippen molar-refractivity contribution in [2.24, 2.45) is 0 Å². The van der Waals surface area contributed by atoms with Crippen LogP contribution in [-0.4, -0.2) is 16.6 Å². The van der Waals surface area contributed by atoms with E-state index in [9.17, 15) is 4.79 Å². The van der Waals surface area contributed by atoms with E-state index in [2.05, 4.69) is 15.6 Å². The first-order chi connectivity index (χ1) is 9.44. The van der Waals surface area contributed by atoms with Gasteiger partial charge in [-0.15, -0.1) is 0 Å². The Kier molecular flexibility index (Phi) is 4.08. The highest BCUT2D eigenvalue weighted by Crippen LogP contribution is 2.16. The second-order valence-electron chi connectivity index (χ2n) is 5.59. The molecule has 0 radical (unpaired) electrons. The first-order valence-corrected chi connectivity index (χ1v) is 6.49. The van der Waals surface area contributed by atoms with Gasteiger partial charge in [0.25, 0.3) is 0 Å². The zero-order chi connectivity index (χ0) is 14.6. The van der Waals surface area contributed by atoms with Crippen LogP contribution in [0, 0.1) is 0 Å². The van der Waals surface area contributed by atoms with Gasteiger partial charge in [-0.05, 0) is 44.5 Å². The summed E-state index contributed by atoms with van der Waals surface area (Å²) in [6.45, 7) is 6.25. The second kappa shape index (κ2) is 5.77. The number of amides is 2. The number of rotatable bonds is 3. The zero-order valence-electron chi connectivity index (χ0n) is 11.9. The largest absolute Gasteiger partial charge is 0.463 e. The Hall–Kier alpha value is -2.30. The molecule has 0 bridgehead atoms. The molecule has 0 saturated heterocycles. The molecule has 0 aliphatic rings. The summed E-state index contributed by atoms with van der Waals surface area (Å²) < 4.78 is 5.27. The molecule has 5 nitrogen and oxygen atoms in total. The van der Waals surface area contributed by atoms with Crippen LogP contribution in [0.25, 0.3) is 11.5 Å². The Morgan fingerprint density at radius 3 is 2.65 bits per heavy atom. The van der Waals surface area contributed by atoms with Crippen molar-refractivity contribution in [2.45, 2.75) is 32.9 Å². The highest BCUT2D eigenvalue weighted by molar-refractivity contribution is 5.74. The van der Waals surface area contributed by atoms with E-state index in [-0.39, 0.29) is 11.6 Å². The SMILES string of the molecule is CC(C)(C)NC(=O)NCc1ccc(-c2ccco2)nc1. The summed E-state index contributed by atoms with van der Waals surface area (Å²) in [7, 11) is 0. The number of nitrogens with zero attached hydrogens (tertiary/aromatic N) is 1. The van der Waals surface area contributed by atoms with E-state index in [1.54, 1.807) is 12.5 Å². The van der Waals surface area contributed by atoms with Gasteiger partial charge in [-0.25, -0.2) is 4.79 Å². The summed E-state index contributed by atoms with van der Waals surface area (Å²) in [5.41, 5.74) is 1.47. The van der Waals surface area contributed by atoms with Gasteiger partial charge in [0.2, 0.25) is 0 Å². The lowest BCUT2D eigenvalue weighted by Crippen LogP contribution is -2.46. The van der Waals surface area contributed by atoms with Crippen molar-refractivity contribution in [3.8, 4) is 11.5 Å². The van der Waals surface area contributed by atoms with Crippen LogP contribution in [0.1, 0.15) is 26.3 Å². The normalized spacial score (nSPS) is 11.2. The zero-order valence-corrected chi connectivity index (χ0v) is 11.9. The first-order valence-electron chi connectivity index (χ1n) is 6.49. The summed E-state index contributed by atoms with van der Waals surface area (Å²) in [5, 5.41) is 5.63. The number of carbonyl (C=O) groups excluding carboxylic acids is 1. The van der Waals surface area contributed by atoms with Gasteiger partial charge in [0.15, 0.2) is 5.76 Å². The van der Waals surface area contributed by atoms with E-state index in [1.165, 1.54) is 0 Å². The molecule has 5 heteroatoms. The minimum Gasteiger partial charge on any atom is -0.463 e. The molecule has 0 aromatic carbocycles. The first kappa shape index (κ1) is 14.1. The van der Waals surface area contributed by atoms with Crippen molar-refractivity contribution < 1.29 is 9.21 Å². The molecule has 0 fully saturated rings. The monoisotopic (exact) mass is 273 g/mol. The summed E-state index contributed by atoms with van der Waals surface area (Å²) >= 11 is 0. The summed E-state index contributed by atoms with van der Waals surface area (Å²) in [6.07, 6.45) is 3.35. The van der Waals surface area contributed by atoms with E-state index in [4.69, 9.17) is 4.42 Å². The number of hydrogen-bond acceptors (Lipinski definition) is 3. The number of nitrogens with one attached hydrogen (secondary N) is 2. The molecule has 0 spiro atoms. The van der Waals surface area contributed by atoms with Crippen molar-refractivity contribution in [1.82, 2.24) is 15.6 Å². The lowest BCUT2D eigenvalue weighted by molar-refractivity contribution is 0.231. The number of urea groups is 1. The Labute approximate surface area is 118 Å². The fourth-order valence-corrected chi connectivity index (χ4v) is 1.67. The van der Waals surface area contributed by atoms with Gasteiger partial charge >= 0.3 is 6.03 Å². The lowest BCUT2D eigenvalue weighted by Gasteiger charge is -2.20. The Morgan fingerprint density at radius 1 is 1.30 bits per heavy atom. The Morgan fingerprint density at radius 2 is 2.10 bits per heavy atom. The highest BCUT2D eigenvalue weighted by atomic mass is 16.3. The molecule has 2 heterocycles. The van der Waals surface area contributed by atoms with Crippen LogP contribution >= 0.6 is 0 Å². The smallest absolute Gasteiger partial charge is 0.315 e. The molecule has 0 atom stereocenters. The van der Waals surface area contributed by atoms with Crippen molar-refractivity contribution in [1.29, 1.82) is 0 Å². The van der Waals surface area contributed by atoms with Crippen LogP contribution in [0.4, 0.5) is 4.79 Å². The van der Waals surface area contributed by atoms with Gasteiger partial charge in [0.1, 0.15) is 5.69 Å². The maximum Gasteiger partial charge on any atom is 0.315 e. The predicted molar refractivity (Wildman–Crippen MR) is 77.1 cm³/mol. The summed E-state index contributed by atoms with van der Waals surface area (Å²) in [6, 6.07) is 7.28. The number of carbonyl (C=O) groups is 1. The fourth-order valence-electron chi connectivity index (χ4n) is 1.67. The minimum atomic E-state index is -0.245. The van der Waals surface area contributed by atoms with Crippen molar-refractivity contribution in [2.75, 3.05) is 0 Å². The molecule has 0 aliphatic carbocycles. The van der Waals surface area contributed by atoms with E-state index >= 15 is 0 Å². The van der Waals surface area contributed by atoms with Crippen molar-refractivity contribution in [3.05, 3.63) is 42.3 Å². The molecule has 2 amide bonds. The number of aromatic nitrogens is 1. The Balaban J connectivity index is 1.90. The average molecular weight is 273 g/mol. The van der Waals surface area contributed by atoms with Crippen molar-refractivity contribution >= 4 is 6.03 Å². The van der Waals surface area contributed by atoms with Crippen LogP contribution in [0.3, 0.4) is 0 Å². The molecule has 106 valence electrons. The standard InChI is InChI=1S/C15H19N3O2/c1-15(2,3)18-14(19)17-10-11-6-7-12(16-9-11)13-5-4-8-20-13/h4-9H,10H2,1-3H3,(H2,17,18,19). The molecule has 2 aromatic rings. The number of hydrogen-bond donors (Lipinski definition) is 2. The molecule has 2 N–H and O–H groups in total. The van der Waals surface area contributed by atoms with Crippen molar-refractivity contribution in [3.63, 3.8) is 0 Å². The molecule has 0 aliphatic heterocycles. The van der Waals surface area contributed by atoms with Gasteiger partial charge in [0.05, 0.1) is 6.26 Å². The molecule has 2 aromatic heterocycles. The second-order valence-corrected chi connectivity index (χ2v) is 5.59. The van der Waals surface area contributed by atoms with Gasteiger partial charge in [-0.1, -0.05) is 6.07 Å². The van der Waals surface area contributed by atoms with Gasteiger partial charge < -0.3 is 15.1 Å². The molecular weight excluding hydrogens is 254 g/mol. The maximum atomic E-state index is 11.6. The van der Waals surface area contributed by atoms with E-state index in [1.807, 2.05) is 45.0 Å². The van der Waals surface area contributed by atoms with Crippen LogP contribution in [-0.2, 0) is 6.54 Å². The average Bonchev–Trinajstić information content (AvgIpc) is 2.89. The topological polar surface area (TPSA) is 67.2 Å². The van der Waals surface area contributed by atoms with Crippen LogP contribution < -0.4 is 10.6 Å². The summed E-state index contributed by atoms with van der Waals surface area (Å²) in [4.78, 5) is 15.9. The predicted octanol–water partition coefficient (Wildman–Crippen LogP) is 2.94. The molecule has 0 saturated carbocycles. The van der Waals surface area contributed by atoms with Crippen LogP contribution in [0.15, 0.2) is 41.1 Å². The maximum absolute atomic E-state index is 11.6. The molecule has 20 heavy (non-hydrogen) atoms. The van der Waals surface area contributed by atoms with Gasteiger partial charge in [0, 0.05) is 18.3 Å². The molecule has 0 unspecified atom stereocenters. The quantitative estimate of drug-likeness (QED) is 0.903. The number of pyridine rings is 1. The molecular formula is C15H19N3O2. The third-order valence-corrected chi connectivity index (χ3v) is 2.54. The van der Waals surface area contributed by atoms with E-state index in [0.29, 0.717) is 6.54 Å². The third kappa shape index (κ3) is 4.12. The Bertz CT molecular complexity index is 554. The van der Waals surface area contributed by atoms with Crippen LogP contribution in [0.2, 0.25) is 0 Å². The van der Waals surface area contributed by atoms with Crippen LogP contribution in [0.5, 0.6) is 0 Å². The van der Waals surface area contributed by atoms with E-state index < -0.39 is 0 Å². The van der Waals surface area contributed by atoms with Gasteiger partial charge in [-0.3, -0.25) is 4.98 Å². The molecule has 2 rings (SSSR count). The third-order valence-electron chi connectivity index (χ3n) is 2.54.